The number of methoxy groups -OCH3 is 1. The molecule has 0 N–H and O–H groups in total. The summed E-state index contributed by atoms with van der Waals surface area (Å²) in [5, 5.41) is 0. The first-order chi connectivity index (χ1) is 13.7. The lowest BCUT2D eigenvalue weighted by atomic mass is 9.72. The summed E-state index contributed by atoms with van der Waals surface area (Å²) in [6.07, 6.45) is 10.1. The van der Waals surface area contributed by atoms with Crippen LogP contribution >= 0.6 is 0 Å². The molecule has 0 unspecified atom stereocenters. The molecule has 0 aliphatic carbocycles. The van der Waals surface area contributed by atoms with E-state index in [4.69, 9.17) is 4.74 Å². The Balaban J connectivity index is 1.66. The molecule has 1 aliphatic rings. The van der Waals surface area contributed by atoms with E-state index in [-0.39, 0.29) is 5.41 Å². The Morgan fingerprint density at radius 2 is 1.61 bits per heavy atom. The third-order valence-corrected chi connectivity index (χ3v) is 5.97. The maximum atomic E-state index is 5.24. The van der Waals surface area contributed by atoms with Gasteiger partial charge in [-0.05, 0) is 38.5 Å². The topological polar surface area (TPSA) is 48.1 Å². The number of piperidine rings is 1. The summed E-state index contributed by atoms with van der Waals surface area (Å²) in [7, 11) is 3.94. The van der Waals surface area contributed by atoms with Crippen molar-refractivity contribution in [1.29, 1.82) is 0 Å². The van der Waals surface area contributed by atoms with Gasteiger partial charge < -0.3 is 18.8 Å². The second-order valence-corrected chi connectivity index (χ2v) is 7.77. The largest absolute Gasteiger partial charge is 0.383 e. The van der Waals surface area contributed by atoms with Crippen molar-refractivity contribution in [1.82, 2.24) is 24.0 Å². The molecule has 1 fully saturated rings. The number of likely N-dealkylation sites (tertiary alicyclic amines) is 1. The zero-order valence-corrected chi connectivity index (χ0v) is 16.8. The Morgan fingerprint density at radius 3 is 2.29 bits per heavy atom. The Kier molecular flexibility index (Phi) is 5.59. The van der Waals surface area contributed by atoms with Crippen molar-refractivity contribution in [2.24, 2.45) is 0 Å². The molecule has 1 aliphatic heterocycles. The van der Waals surface area contributed by atoms with Gasteiger partial charge in [-0.2, -0.15) is 0 Å². The number of imidazole rings is 2. The maximum Gasteiger partial charge on any atom is 0.176 e. The van der Waals surface area contributed by atoms with E-state index in [2.05, 4.69) is 67.6 Å². The van der Waals surface area contributed by atoms with Crippen LogP contribution in [0.3, 0.4) is 0 Å². The van der Waals surface area contributed by atoms with E-state index in [1.807, 2.05) is 18.6 Å². The molecule has 3 aromatic rings. The van der Waals surface area contributed by atoms with Gasteiger partial charge in [0.15, 0.2) is 11.6 Å². The average Bonchev–Trinajstić information content (AvgIpc) is 3.37. The first-order valence-electron chi connectivity index (χ1n) is 9.97. The van der Waals surface area contributed by atoms with Crippen molar-refractivity contribution in [2.45, 2.75) is 31.3 Å². The summed E-state index contributed by atoms with van der Waals surface area (Å²) in [5.41, 5.74) is 1.54. The molecule has 148 valence electrons. The molecule has 2 aromatic heterocycles. The fourth-order valence-corrected chi connectivity index (χ4v) is 4.23. The van der Waals surface area contributed by atoms with Crippen LogP contribution in [0.2, 0.25) is 0 Å². The predicted molar refractivity (Wildman–Crippen MR) is 110 cm³/mol. The maximum absolute atomic E-state index is 5.24. The summed E-state index contributed by atoms with van der Waals surface area (Å²) >= 11 is 0. The number of ether oxygens (including phenoxy) is 1. The molecular formula is C22H29N5O. The third kappa shape index (κ3) is 3.75. The highest BCUT2D eigenvalue weighted by molar-refractivity contribution is 5.45. The van der Waals surface area contributed by atoms with Gasteiger partial charge in [0.1, 0.15) is 0 Å². The van der Waals surface area contributed by atoms with Gasteiger partial charge in [0.25, 0.3) is 0 Å². The van der Waals surface area contributed by atoms with Crippen molar-refractivity contribution in [2.75, 3.05) is 33.9 Å². The molecule has 3 heterocycles. The van der Waals surface area contributed by atoms with Crippen LogP contribution in [0.4, 0.5) is 0 Å². The Labute approximate surface area is 166 Å². The van der Waals surface area contributed by atoms with E-state index in [1.165, 1.54) is 5.56 Å². The molecule has 0 saturated carbocycles. The van der Waals surface area contributed by atoms with Crippen LogP contribution in [0.1, 0.15) is 18.4 Å². The lowest BCUT2D eigenvalue weighted by Gasteiger charge is -2.41. The van der Waals surface area contributed by atoms with Gasteiger partial charge in [-0.3, -0.25) is 0 Å². The zero-order chi connectivity index (χ0) is 19.4. The van der Waals surface area contributed by atoms with E-state index in [0.29, 0.717) is 6.61 Å². The lowest BCUT2D eigenvalue weighted by molar-refractivity contribution is 0.170. The van der Waals surface area contributed by atoms with E-state index in [0.717, 1.165) is 50.7 Å². The smallest absolute Gasteiger partial charge is 0.176 e. The highest BCUT2D eigenvalue weighted by atomic mass is 16.5. The van der Waals surface area contributed by atoms with Crippen LogP contribution in [0.15, 0.2) is 55.1 Å². The Morgan fingerprint density at radius 1 is 0.964 bits per heavy atom. The van der Waals surface area contributed by atoms with Crippen LogP contribution in [0.5, 0.6) is 0 Å². The highest BCUT2D eigenvalue weighted by Gasteiger charge is 2.36. The van der Waals surface area contributed by atoms with E-state index in [9.17, 15) is 0 Å². The van der Waals surface area contributed by atoms with Crippen molar-refractivity contribution in [3.8, 4) is 11.6 Å². The normalized spacial score (nSPS) is 17.1. The number of benzene rings is 1. The first-order valence-corrected chi connectivity index (χ1v) is 9.97. The Hall–Kier alpha value is -2.44. The highest BCUT2D eigenvalue weighted by Crippen LogP contribution is 2.37. The summed E-state index contributed by atoms with van der Waals surface area (Å²) in [6, 6.07) is 11.0. The minimum Gasteiger partial charge on any atom is -0.383 e. The quantitative estimate of drug-likeness (QED) is 0.633. The van der Waals surface area contributed by atoms with Gasteiger partial charge >= 0.3 is 0 Å². The van der Waals surface area contributed by atoms with E-state index >= 15 is 0 Å². The van der Waals surface area contributed by atoms with Gasteiger partial charge in [0.05, 0.1) is 6.61 Å². The predicted octanol–water partition coefficient (Wildman–Crippen LogP) is 3.06. The number of aromatic nitrogens is 4. The second kappa shape index (κ2) is 8.29. The molecule has 0 radical (unpaired) electrons. The summed E-state index contributed by atoms with van der Waals surface area (Å²) in [6.45, 7) is 4.57. The lowest BCUT2D eigenvalue weighted by Crippen LogP contribution is -2.43. The molecule has 0 bridgehead atoms. The van der Waals surface area contributed by atoms with Gasteiger partial charge in [-0.1, -0.05) is 30.3 Å². The molecule has 6 heteroatoms. The van der Waals surface area contributed by atoms with Crippen molar-refractivity contribution in [3.05, 3.63) is 60.7 Å². The summed E-state index contributed by atoms with van der Waals surface area (Å²) in [5.74, 6) is 1.83. The van der Waals surface area contributed by atoms with Crippen LogP contribution in [-0.2, 0) is 23.2 Å². The first kappa shape index (κ1) is 18.9. The van der Waals surface area contributed by atoms with Crippen molar-refractivity contribution in [3.63, 3.8) is 0 Å². The molecule has 28 heavy (non-hydrogen) atoms. The van der Waals surface area contributed by atoms with Gasteiger partial charge in [0.2, 0.25) is 0 Å². The van der Waals surface area contributed by atoms with Crippen LogP contribution < -0.4 is 0 Å². The van der Waals surface area contributed by atoms with E-state index < -0.39 is 0 Å². The number of nitrogens with zero attached hydrogens (tertiary/aromatic N) is 5. The fraction of sp³-hybridized carbons (Fsp3) is 0.455. The number of hydrogen-bond acceptors (Lipinski definition) is 4. The van der Waals surface area contributed by atoms with Crippen LogP contribution in [-0.4, -0.2) is 57.9 Å². The molecule has 0 atom stereocenters. The molecule has 1 saturated heterocycles. The van der Waals surface area contributed by atoms with Crippen molar-refractivity contribution < 1.29 is 4.74 Å². The SMILES string of the molecule is COCCn1ccnc1-c1nccn1CC1(c2ccccc2)CCN(C)CC1. The average molecular weight is 380 g/mol. The van der Waals surface area contributed by atoms with E-state index in [1.54, 1.807) is 7.11 Å². The monoisotopic (exact) mass is 379 g/mol. The van der Waals surface area contributed by atoms with Crippen molar-refractivity contribution >= 4 is 0 Å². The summed E-state index contributed by atoms with van der Waals surface area (Å²) < 4.78 is 9.64. The van der Waals surface area contributed by atoms with Crippen LogP contribution in [0.25, 0.3) is 11.6 Å². The Bertz CT molecular complexity index is 877. The molecular weight excluding hydrogens is 350 g/mol. The number of hydrogen-bond donors (Lipinski definition) is 0. The standard InChI is InChI=1S/C22H29N5O/c1-25-12-8-22(9-13-25,19-6-4-3-5-7-19)18-27-15-11-24-21(27)20-23-10-14-26(20)16-17-28-2/h3-7,10-11,14-15H,8-9,12-13,16-18H2,1-2H3. The molecule has 0 spiro atoms. The molecule has 1 aromatic carbocycles. The second-order valence-electron chi connectivity index (χ2n) is 7.77. The third-order valence-electron chi connectivity index (χ3n) is 5.97. The fourth-order valence-electron chi connectivity index (χ4n) is 4.23. The molecule has 0 amide bonds. The molecule has 6 nitrogen and oxygen atoms in total. The molecule has 4 rings (SSSR count). The minimum atomic E-state index is 0.118. The van der Waals surface area contributed by atoms with Crippen LogP contribution in [0, 0.1) is 0 Å². The van der Waals surface area contributed by atoms with Gasteiger partial charge in [-0.25, -0.2) is 9.97 Å². The number of rotatable bonds is 7. The van der Waals surface area contributed by atoms with Gasteiger partial charge in [-0.15, -0.1) is 0 Å². The van der Waals surface area contributed by atoms with Gasteiger partial charge in [0, 0.05) is 50.4 Å². The zero-order valence-electron chi connectivity index (χ0n) is 16.8. The summed E-state index contributed by atoms with van der Waals surface area (Å²) in [4.78, 5) is 11.7. The minimum absolute atomic E-state index is 0.118.